The van der Waals surface area contributed by atoms with Crippen molar-refractivity contribution in [2.24, 2.45) is 11.8 Å². The number of carbonyl (C=O) groups excluding carboxylic acids is 3. The van der Waals surface area contributed by atoms with Crippen LogP contribution in [0.2, 0.25) is 0 Å². The van der Waals surface area contributed by atoms with Gasteiger partial charge in [0, 0.05) is 19.6 Å². The molecule has 0 aliphatic carbocycles. The fourth-order valence-corrected chi connectivity index (χ4v) is 3.43. The fraction of sp³-hybridized carbons (Fsp3) is 0.571. The van der Waals surface area contributed by atoms with Crippen LogP contribution in [0.1, 0.15) is 39.2 Å². The second-order valence-electron chi connectivity index (χ2n) is 7.47. The third-order valence-corrected chi connectivity index (χ3v) is 4.91. The molecule has 2 unspecified atom stereocenters. The Kier molecular flexibility index (Phi) is 7.82. The highest BCUT2D eigenvalue weighted by Gasteiger charge is 2.33. The average molecular weight is 373 g/mol. The minimum Gasteiger partial charge on any atom is -0.356 e. The molecular weight excluding hydrogens is 342 g/mol. The van der Waals surface area contributed by atoms with Crippen LogP contribution in [0.4, 0.5) is 0 Å². The lowest BCUT2D eigenvalue weighted by molar-refractivity contribution is -0.140. The summed E-state index contributed by atoms with van der Waals surface area (Å²) in [6, 6.07) is 8.91. The van der Waals surface area contributed by atoms with Crippen LogP contribution in [-0.4, -0.2) is 48.3 Å². The Labute approximate surface area is 161 Å². The molecule has 2 N–H and O–H groups in total. The Morgan fingerprint density at radius 3 is 2.52 bits per heavy atom. The van der Waals surface area contributed by atoms with Crippen LogP contribution in [0.15, 0.2) is 30.3 Å². The summed E-state index contributed by atoms with van der Waals surface area (Å²) >= 11 is 0. The summed E-state index contributed by atoms with van der Waals surface area (Å²) in [5.74, 6) is -0.451. The average Bonchev–Trinajstić information content (AvgIpc) is 2.66. The topological polar surface area (TPSA) is 78.5 Å². The Balaban J connectivity index is 1.99. The Bertz CT molecular complexity index is 645. The van der Waals surface area contributed by atoms with Crippen molar-refractivity contribution in [3.05, 3.63) is 35.9 Å². The molecule has 1 saturated heterocycles. The number of nitrogens with zero attached hydrogens (tertiary/aromatic N) is 1. The highest BCUT2D eigenvalue weighted by molar-refractivity contribution is 5.89. The number of piperidine rings is 1. The summed E-state index contributed by atoms with van der Waals surface area (Å²) in [5, 5.41) is 5.74. The van der Waals surface area contributed by atoms with Gasteiger partial charge in [-0.1, -0.05) is 44.2 Å². The van der Waals surface area contributed by atoms with Crippen LogP contribution < -0.4 is 10.6 Å². The van der Waals surface area contributed by atoms with E-state index in [-0.39, 0.29) is 36.0 Å². The predicted octanol–water partition coefficient (Wildman–Crippen LogP) is 1.74. The molecule has 6 nitrogen and oxygen atoms in total. The summed E-state index contributed by atoms with van der Waals surface area (Å²) in [5.41, 5.74) is 0.916. The summed E-state index contributed by atoms with van der Waals surface area (Å²) in [4.78, 5) is 39.3. The number of carbonyl (C=O) groups is 3. The van der Waals surface area contributed by atoms with Gasteiger partial charge in [-0.05, 0) is 31.2 Å². The number of benzene rings is 1. The molecule has 3 amide bonds. The van der Waals surface area contributed by atoms with Gasteiger partial charge in [-0.2, -0.15) is 0 Å². The van der Waals surface area contributed by atoms with Crippen LogP contribution in [-0.2, 0) is 20.8 Å². The number of hydrogen-bond acceptors (Lipinski definition) is 3. The van der Waals surface area contributed by atoms with Gasteiger partial charge in [0.15, 0.2) is 0 Å². The maximum absolute atomic E-state index is 13.0. The second-order valence-corrected chi connectivity index (χ2v) is 7.47. The summed E-state index contributed by atoms with van der Waals surface area (Å²) in [6.45, 7) is 7.39. The number of hydrogen-bond donors (Lipinski definition) is 2. The van der Waals surface area contributed by atoms with Crippen molar-refractivity contribution in [1.82, 2.24) is 15.5 Å². The van der Waals surface area contributed by atoms with Crippen LogP contribution in [0.25, 0.3) is 0 Å². The zero-order valence-electron chi connectivity index (χ0n) is 16.5. The molecule has 0 aromatic heterocycles. The third kappa shape index (κ3) is 6.08. The maximum Gasteiger partial charge on any atom is 0.245 e. The van der Waals surface area contributed by atoms with Gasteiger partial charge in [0.25, 0.3) is 0 Å². The SMILES string of the molecule is CCNC(=O)C1CCCN(C(=O)C(NC(=O)Cc2ccccc2)C(C)C)C1. The van der Waals surface area contributed by atoms with E-state index in [1.54, 1.807) is 4.90 Å². The molecule has 2 rings (SSSR count). The quantitative estimate of drug-likeness (QED) is 0.764. The van der Waals surface area contributed by atoms with Gasteiger partial charge in [-0.25, -0.2) is 0 Å². The van der Waals surface area contributed by atoms with Crippen molar-refractivity contribution in [1.29, 1.82) is 0 Å². The van der Waals surface area contributed by atoms with Crippen molar-refractivity contribution < 1.29 is 14.4 Å². The van der Waals surface area contributed by atoms with Gasteiger partial charge < -0.3 is 15.5 Å². The van der Waals surface area contributed by atoms with Gasteiger partial charge >= 0.3 is 0 Å². The zero-order chi connectivity index (χ0) is 19.8. The normalized spacial score (nSPS) is 18.1. The molecule has 27 heavy (non-hydrogen) atoms. The molecule has 0 radical (unpaired) electrons. The molecular formula is C21H31N3O3. The molecule has 6 heteroatoms. The maximum atomic E-state index is 13.0. The summed E-state index contributed by atoms with van der Waals surface area (Å²) in [7, 11) is 0. The fourth-order valence-electron chi connectivity index (χ4n) is 3.43. The molecule has 0 saturated carbocycles. The van der Waals surface area contributed by atoms with E-state index >= 15 is 0 Å². The van der Waals surface area contributed by atoms with E-state index in [4.69, 9.17) is 0 Å². The van der Waals surface area contributed by atoms with Crippen LogP contribution in [0.5, 0.6) is 0 Å². The summed E-state index contributed by atoms with van der Waals surface area (Å²) < 4.78 is 0. The number of nitrogens with one attached hydrogen (secondary N) is 2. The summed E-state index contributed by atoms with van der Waals surface area (Å²) in [6.07, 6.45) is 1.84. The number of amides is 3. The lowest BCUT2D eigenvalue weighted by Crippen LogP contribution is -2.55. The zero-order valence-corrected chi connectivity index (χ0v) is 16.5. The first kappa shape index (κ1) is 20.9. The minimum absolute atomic E-state index is 0.00390. The van der Waals surface area contributed by atoms with Gasteiger partial charge in [-0.3, -0.25) is 14.4 Å². The second kappa shape index (κ2) is 10.1. The predicted molar refractivity (Wildman–Crippen MR) is 105 cm³/mol. The van der Waals surface area contributed by atoms with E-state index in [1.165, 1.54) is 0 Å². The minimum atomic E-state index is -0.575. The molecule has 2 atom stereocenters. The van der Waals surface area contributed by atoms with Crippen molar-refractivity contribution in [2.75, 3.05) is 19.6 Å². The van der Waals surface area contributed by atoms with Crippen molar-refractivity contribution in [2.45, 2.75) is 46.1 Å². The highest BCUT2D eigenvalue weighted by Crippen LogP contribution is 2.19. The number of rotatable bonds is 7. The molecule has 0 spiro atoms. The Morgan fingerprint density at radius 2 is 1.89 bits per heavy atom. The lowest BCUT2D eigenvalue weighted by atomic mass is 9.95. The standard InChI is InChI=1S/C21H31N3O3/c1-4-22-20(26)17-11-8-12-24(14-17)21(27)19(15(2)3)23-18(25)13-16-9-6-5-7-10-16/h5-7,9-10,15,17,19H,4,8,11-14H2,1-3H3,(H,22,26)(H,23,25). The monoisotopic (exact) mass is 373 g/mol. The van der Waals surface area contributed by atoms with E-state index in [2.05, 4.69) is 10.6 Å². The van der Waals surface area contributed by atoms with E-state index in [1.807, 2.05) is 51.1 Å². The third-order valence-electron chi connectivity index (χ3n) is 4.91. The molecule has 148 valence electrons. The Morgan fingerprint density at radius 1 is 1.19 bits per heavy atom. The molecule has 1 aliphatic rings. The van der Waals surface area contributed by atoms with Crippen molar-refractivity contribution >= 4 is 17.7 Å². The lowest BCUT2D eigenvalue weighted by Gasteiger charge is -2.35. The molecule has 1 aliphatic heterocycles. The smallest absolute Gasteiger partial charge is 0.245 e. The van der Waals surface area contributed by atoms with Crippen LogP contribution in [0.3, 0.4) is 0 Å². The van der Waals surface area contributed by atoms with E-state index in [0.29, 0.717) is 19.6 Å². The van der Waals surface area contributed by atoms with Crippen LogP contribution >= 0.6 is 0 Å². The first-order chi connectivity index (χ1) is 12.9. The first-order valence-electron chi connectivity index (χ1n) is 9.82. The first-order valence-corrected chi connectivity index (χ1v) is 9.82. The van der Waals surface area contributed by atoms with Gasteiger partial charge in [0.05, 0.1) is 12.3 Å². The molecule has 1 heterocycles. The molecule has 1 aromatic rings. The van der Waals surface area contributed by atoms with Gasteiger partial charge in [-0.15, -0.1) is 0 Å². The number of likely N-dealkylation sites (tertiary alicyclic amines) is 1. The van der Waals surface area contributed by atoms with E-state index in [0.717, 1.165) is 18.4 Å². The van der Waals surface area contributed by atoms with Gasteiger partial charge in [0.1, 0.15) is 6.04 Å². The Hall–Kier alpha value is -2.37. The van der Waals surface area contributed by atoms with Crippen molar-refractivity contribution in [3.8, 4) is 0 Å². The highest BCUT2D eigenvalue weighted by atomic mass is 16.2. The molecule has 1 aromatic carbocycles. The molecule has 0 bridgehead atoms. The van der Waals surface area contributed by atoms with E-state index in [9.17, 15) is 14.4 Å². The largest absolute Gasteiger partial charge is 0.356 e. The molecule has 1 fully saturated rings. The van der Waals surface area contributed by atoms with E-state index < -0.39 is 6.04 Å². The van der Waals surface area contributed by atoms with Gasteiger partial charge in [0.2, 0.25) is 17.7 Å². The van der Waals surface area contributed by atoms with Crippen LogP contribution in [0, 0.1) is 11.8 Å². The van der Waals surface area contributed by atoms with Crippen molar-refractivity contribution in [3.63, 3.8) is 0 Å².